The number of benzene rings is 3. The van der Waals surface area contributed by atoms with Crippen LogP contribution in [0.3, 0.4) is 0 Å². The molecule has 9 nitrogen and oxygen atoms in total. The van der Waals surface area contributed by atoms with Crippen molar-refractivity contribution >= 4 is 26.7 Å². The second-order valence-corrected chi connectivity index (χ2v) is 10.5. The van der Waals surface area contributed by atoms with Crippen molar-refractivity contribution in [3.8, 4) is 11.5 Å². The molecule has 6 rings (SSSR count). The Hall–Kier alpha value is -4.02. The van der Waals surface area contributed by atoms with Gasteiger partial charge in [-0.2, -0.15) is 0 Å². The lowest BCUT2D eigenvalue weighted by Gasteiger charge is -2.39. The topological polar surface area (TPSA) is 81.4 Å². The predicted molar refractivity (Wildman–Crippen MR) is 153 cm³/mol. The van der Waals surface area contributed by atoms with Crippen molar-refractivity contribution in [1.82, 2.24) is 30.1 Å². The monoisotopic (exact) mass is 541 g/mol. The third kappa shape index (κ3) is 5.30. The molecule has 0 radical (unpaired) electrons. The first kappa shape index (κ1) is 25.3. The summed E-state index contributed by atoms with van der Waals surface area (Å²) in [5.41, 5.74) is 3.38. The van der Waals surface area contributed by atoms with Gasteiger partial charge in [0.05, 0.1) is 30.5 Å². The minimum Gasteiger partial charge on any atom is -0.493 e. The van der Waals surface area contributed by atoms with Crippen molar-refractivity contribution in [2.24, 2.45) is 0 Å². The Morgan fingerprint density at radius 3 is 2.41 bits per heavy atom. The molecule has 200 valence electrons. The SMILES string of the molecule is COc1ccc([C@H](c2nnnn2CCc2ccccc2)N2CCN(c3nc4ccccc4s3)CC2)cc1OC. The third-order valence-electron chi connectivity index (χ3n) is 7.22. The molecule has 0 amide bonds. The van der Waals surface area contributed by atoms with Gasteiger partial charge in [-0.05, 0) is 52.2 Å². The summed E-state index contributed by atoms with van der Waals surface area (Å²) >= 11 is 1.75. The second kappa shape index (κ2) is 11.4. The van der Waals surface area contributed by atoms with Gasteiger partial charge in [-0.15, -0.1) is 5.10 Å². The van der Waals surface area contributed by atoms with Gasteiger partial charge in [0.25, 0.3) is 0 Å². The van der Waals surface area contributed by atoms with E-state index in [2.05, 4.69) is 73.9 Å². The number of tetrazole rings is 1. The predicted octanol–water partition coefficient (Wildman–Crippen LogP) is 4.45. The maximum atomic E-state index is 5.65. The highest BCUT2D eigenvalue weighted by molar-refractivity contribution is 7.22. The highest BCUT2D eigenvalue weighted by Gasteiger charge is 2.32. The number of thiazole rings is 1. The molecule has 0 N–H and O–H groups in total. The van der Waals surface area contributed by atoms with E-state index in [1.165, 1.54) is 10.3 Å². The molecule has 39 heavy (non-hydrogen) atoms. The molecular weight excluding hydrogens is 510 g/mol. The number of hydrogen-bond donors (Lipinski definition) is 0. The first-order valence-corrected chi connectivity index (χ1v) is 13.9. The van der Waals surface area contributed by atoms with E-state index >= 15 is 0 Å². The lowest BCUT2D eigenvalue weighted by Crippen LogP contribution is -2.48. The Bertz CT molecular complexity index is 1500. The van der Waals surface area contributed by atoms with E-state index in [1.54, 1.807) is 25.6 Å². The van der Waals surface area contributed by atoms with Gasteiger partial charge in [-0.3, -0.25) is 4.90 Å². The summed E-state index contributed by atoms with van der Waals surface area (Å²) in [4.78, 5) is 9.72. The molecule has 0 unspecified atom stereocenters. The number of methoxy groups -OCH3 is 2. The van der Waals surface area contributed by atoms with Gasteiger partial charge in [-0.1, -0.05) is 59.9 Å². The zero-order valence-corrected chi connectivity index (χ0v) is 22.9. The molecule has 1 fully saturated rings. The van der Waals surface area contributed by atoms with Crippen LogP contribution in [0, 0.1) is 0 Å². The highest BCUT2D eigenvalue weighted by atomic mass is 32.1. The number of hydrogen-bond acceptors (Lipinski definition) is 9. The molecule has 3 heterocycles. The zero-order valence-electron chi connectivity index (χ0n) is 22.1. The van der Waals surface area contributed by atoms with E-state index in [0.717, 1.165) is 54.6 Å². The van der Waals surface area contributed by atoms with E-state index in [0.29, 0.717) is 18.0 Å². The average molecular weight is 542 g/mol. The summed E-state index contributed by atoms with van der Waals surface area (Å²) in [6.45, 7) is 4.13. The Labute approximate surface area is 231 Å². The van der Waals surface area contributed by atoms with Crippen LogP contribution in [0.5, 0.6) is 11.5 Å². The molecule has 3 aromatic carbocycles. The van der Waals surface area contributed by atoms with Crippen molar-refractivity contribution in [1.29, 1.82) is 0 Å². The van der Waals surface area contributed by atoms with Crippen LogP contribution < -0.4 is 14.4 Å². The molecule has 1 saturated heterocycles. The minimum atomic E-state index is -0.131. The molecule has 10 heteroatoms. The standard InChI is InChI=1S/C29H31N7O2S/c1-37-24-13-12-22(20-25(24)38-2)27(28-31-32-33-36(28)15-14-21-8-4-3-5-9-21)34-16-18-35(19-17-34)29-30-23-10-6-7-11-26(23)39-29/h3-13,20,27H,14-19H2,1-2H3/t27-/m1/s1. The van der Waals surface area contributed by atoms with Crippen LogP contribution in [0.1, 0.15) is 23.0 Å². The fourth-order valence-corrected chi connectivity index (χ4v) is 6.18. The van der Waals surface area contributed by atoms with Crippen LogP contribution in [0.25, 0.3) is 10.2 Å². The summed E-state index contributed by atoms with van der Waals surface area (Å²) in [6.07, 6.45) is 0.850. The molecule has 0 aliphatic carbocycles. The molecule has 1 atom stereocenters. The second-order valence-electron chi connectivity index (χ2n) is 9.50. The van der Waals surface area contributed by atoms with Crippen LogP contribution in [0.4, 0.5) is 5.13 Å². The maximum absolute atomic E-state index is 5.65. The molecule has 0 bridgehead atoms. The number of ether oxygens (including phenoxy) is 2. The molecule has 1 aliphatic heterocycles. The van der Waals surface area contributed by atoms with Crippen molar-refractivity contribution in [3.63, 3.8) is 0 Å². The molecule has 5 aromatic rings. The number of nitrogens with zero attached hydrogens (tertiary/aromatic N) is 7. The van der Waals surface area contributed by atoms with Crippen molar-refractivity contribution in [2.45, 2.75) is 19.0 Å². The number of aromatic nitrogens is 5. The van der Waals surface area contributed by atoms with Gasteiger partial charge in [0.1, 0.15) is 0 Å². The lowest BCUT2D eigenvalue weighted by atomic mass is 10.0. The van der Waals surface area contributed by atoms with E-state index in [9.17, 15) is 0 Å². The smallest absolute Gasteiger partial charge is 0.186 e. The lowest BCUT2D eigenvalue weighted by molar-refractivity contribution is 0.200. The average Bonchev–Trinajstić information content (AvgIpc) is 3.64. The van der Waals surface area contributed by atoms with Gasteiger partial charge in [0.15, 0.2) is 22.5 Å². The number of piperazine rings is 1. The Kier molecular flexibility index (Phi) is 7.38. The van der Waals surface area contributed by atoms with E-state index < -0.39 is 0 Å². The van der Waals surface area contributed by atoms with E-state index in [-0.39, 0.29) is 6.04 Å². The van der Waals surface area contributed by atoms with Gasteiger partial charge in [-0.25, -0.2) is 9.67 Å². The van der Waals surface area contributed by atoms with Crippen molar-refractivity contribution in [3.05, 3.63) is 89.7 Å². The normalized spacial score (nSPS) is 15.0. The molecule has 0 saturated carbocycles. The summed E-state index contributed by atoms with van der Waals surface area (Å²) in [6, 6.07) is 24.7. The van der Waals surface area contributed by atoms with Crippen molar-refractivity contribution < 1.29 is 9.47 Å². The fraction of sp³-hybridized carbons (Fsp3) is 0.310. The molecular formula is C29H31N7O2S. The number of fused-ring (bicyclic) bond motifs is 1. The Balaban J connectivity index is 1.28. The first-order valence-electron chi connectivity index (χ1n) is 13.1. The third-order valence-corrected chi connectivity index (χ3v) is 8.31. The number of anilines is 1. The summed E-state index contributed by atoms with van der Waals surface area (Å²) in [7, 11) is 3.32. The Morgan fingerprint density at radius 2 is 1.64 bits per heavy atom. The quantitative estimate of drug-likeness (QED) is 0.271. The van der Waals surface area contributed by atoms with Gasteiger partial charge in [0.2, 0.25) is 0 Å². The van der Waals surface area contributed by atoms with Crippen LogP contribution >= 0.6 is 11.3 Å². The minimum absolute atomic E-state index is 0.131. The number of para-hydroxylation sites is 1. The van der Waals surface area contributed by atoms with Gasteiger partial charge >= 0.3 is 0 Å². The molecule has 2 aromatic heterocycles. The molecule has 0 spiro atoms. The van der Waals surface area contributed by atoms with Crippen LogP contribution in [-0.4, -0.2) is 70.5 Å². The largest absolute Gasteiger partial charge is 0.493 e. The Morgan fingerprint density at radius 1 is 0.872 bits per heavy atom. The van der Waals surface area contributed by atoms with E-state index in [4.69, 9.17) is 14.5 Å². The summed E-state index contributed by atoms with van der Waals surface area (Å²) in [5.74, 6) is 2.22. The van der Waals surface area contributed by atoms with Crippen molar-refractivity contribution in [2.75, 3.05) is 45.3 Å². The molecule has 1 aliphatic rings. The number of aryl methyl sites for hydroxylation is 2. The highest BCUT2D eigenvalue weighted by Crippen LogP contribution is 2.36. The zero-order chi connectivity index (χ0) is 26.6. The summed E-state index contributed by atoms with van der Waals surface area (Å²) in [5, 5.41) is 14.1. The fourth-order valence-electron chi connectivity index (χ4n) is 5.16. The summed E-state index contributed by atoms with van der Waals surface area (Å²) < 4.78 is 14.3. The van der Waals surface area contributed by atoms with Gasteiger partial charge < -0.3 is 14.4 Å². The van der Waals surface area contributed by atoms with Crippen LogP contribution in [0.2, 0.25) is 0 Å². The maximum Gasteiger partial charge on any atom is 0.186 e. The van der Waals surface area contributed by atoms with Crippen LogP contribution in [-0.2, 0) is 13.0 Å². The van der Waals surface area contributed by atoms with Crippen LogP contribution in [0.15, 0.2) is 72.8 Å². The van der Waals surface area contributed by atoms with E-state index in [1.807, 2.05) is 28.9 Å². The van der Waals surface area contributed by atoms with Gasteiger partial charge in [0, 0.05) is 32.7 Å². The first-order chi connectivity index (χ1) is 19.2. The number of rotatable bonds is 9.